The maximum absolute atomic E-state index is 14.0. The molecule has 3 aromatic rings. The van der Waals surface area contributed by atoms with Gasteiger partial charge in [-0.3, -0.25) is 4.79 Å². The van der Waals surface area contributed by atoms with Gasteiger partial charge in [0.1, 0.15) is 23.2 Å². The third-order valence-corrected chi connectivity index (χ3v) is 5.58. The van der Waals surface area contributed by atoms with E-state index < -0.39 is 5.82 Å². The van der Waals surface area contributed by atoms with Gasteiger partial charge in [0.2, 0.25) is 0 Å². The summed E-state index contributed by atoms with van der Waals surface area (Å²) in [5.74, 6) is -0.419. The van der Waals surface area contributed by atoms with E-state index in [0.717, 1.165) is 5.01 Å². The number of carbonyl (C=O) groups excluding carboxylic acids is 1. The number of hydrogen-bond donors (Lipinski definition) is 0. The van der Waals surface area contributed by atoms with E-state index in [4.69, 9.17) is 27.9 Å². The summed E-state index contributed by atoms with van der Waals surface area (Å²) >= 11 is 13.5. The molecule has 3 rings (SSSR count). The SMILES string of the molecule is CC(C)N(Cc1csc(COc2cc(Cl)ccc2Cl)n1)C(=O)c1ccccc1F. The largest absolute Gasteiger partial charge is 0.485 e. The first-order chi connectivity index (χ1) is 13.8. The lowest BCUT2D eigenvalue weighted by Gasteiger charge is -2.26. The van der Waals surface area contributed by atoms with Crippen molar-refractivity contribution in [1.29, 1.82) is 0 Å². The van der Waals surface area contributed by atoms with Crippen LogP contribution < -0.4 is 4.74 Å². The maximum atomic E-state index is 14.0. The summed E-state index contributed by atoms with van der Waals surface area (Å²) in [4.78, 5) is 18.9. The fraction of sp³-hybridized carbons (Fsp3) is 0.238. The van der Waals surface area contributed by atoms with Gasteiger partial charge in [0.15, 0.2) is 0 Å². The van der Waals surface area contributed by atoms with E-state index in [1.165, 1.54) is 23.5 Å². The van der Waals surface area contributed by atoms with Gasteiger partial charge in [0, 0.05) is 22.5 Å². The second-order valence-electron chi connectivity index (χ2n) is 6.60. The molecule has 0 saturated carbocycles. The van der Waals surface area contributed by atoms with Crippen LogP contribution in [0.2, 0.25) is 10.0 Å². The summed E-state index contributed by atoms with van der Waals surface area (Å²) in [6.45, 7) is 4.28. The molecule has 0 bridgehead atoms. The van der Waals surface area contributed by atoms with Crippen LogP contribution in [0.5, 0.6) is 5.75 Å². The Hall–Kier alpha value is -2.15. The first-order valence-electron chi connectivity index (χ1n) is 8.91. The standard InChI is InChI=1S/C21H19Cl2FN2O2S/c1-13(2)26(21(27)16-5-3-4-6-18(16)24)10-15-12-29-20(25-15)11-28-19-9-14(22)7-8-17(19)23/h3-9,12-13H,10-11H2,1-2H3. The van der Waals surface area contributed by atoms with Gasteiger partial charge in [0.25, 0.3) is 5.91 Å². The topological polar surface area (TPSA) is 42.4 Å². The molecule has 1 aromatic heterocycles. The lowest BCUT2D eigenvalue weighted by Crippen LogP contribution is -2.37. The predicted molar refractivity (Wildman–Crippen MR) is 114 cm³/mol. The number of rotatable bonds is 7. The zero-order valence-electron chi connectivity index (χ0n) is 15.9. The van der Waals surface area contributed by atoms with Gasteiger partial charge in [0.05, 0.1) is 22.8 Å². The summed E-state index contributed by atoms with van der Waals surface area (Å²) in [5.41, 5.74) is 0.764. The number of ether oxygens (including phenoxy) is 1. The number of thiazole rings is 1. The highest BCUT2D eigenvalue weighted by Gasteiger charge is 2.22. The Bertz CT molecular complexity index is 1010. The highest BCUT2D eigenvalue weighted by atomic mass is 35.5. The highest BCUT2D eigenvalue weighted by molar-refractivity contribution is 7.09. The lowest BCUT2D eigenvalue weighted by molar-refractivity contribution is 0.0683. The number of carbonyl (C=O) groups is 1. The highest BCUT2D eigenvalue weighted by Crippen LogP contribution is 2.28. The van der Waals surface area contributed by atoms with E-state index in [9.17, 15) is 9.18 Å². The van der Waals surface area contributed by atoms with E-state index >= 15 is 0 Å². The van der Waals surface area contributed by atoms with Gasteiger partial charge in [-0.05, 0) is 38.1 Å². The summed E-state index contributed by atoms with van der Waals surface area (Å²) < 4.78 is 19.7. The summed E-state index contributed by atoms with van der Waals surface area (Å²) in [6.07, 6.45) is 0. The van der Waals surface area contributed by atoms with Crippen molar-refractivity contribution in [2.24, 2.45) is 0 Å². The molecule has 0 saturated heterocycles. The molecule has 0 radical (unpaired) electrons. The first-order valence-corrected chi connectivity index (χ1v) is 10.6. The zero-order chi connectivity index (χ0) is 21.0. The number of benzene rings is 2. The Morgan fingerprint density at radius 1 is 1.24 bits per heavy atom. The number of halogens is 3. The van der Waals surface area contributed by atoms with Crippen molar-refractivity contribution in [3.8, 4) is 5.75 Å². The van der Waals surface area contributed by atoms with Gasteiger partial charge in [-0.2, -0.15) is 0 Å². The molecule has 0 aliphatic rings. The van der Waals surface area contributed by atoms with Crippen LogP contribution in [0.4, 0.5) is 4.39 Å². The molecule has 0 fully saturated rings. The second-order valence-corrected chi connectivity index (χ2v) is 8.39. The van der Waals surface area contributed by atoms with E-state index in [1.54, 1.807) is 35.2 Å². The van der Waals surface area contributed by atoms with Gasteiger partial charge >= 0.3 is 0 Å². The molecule has 0 spiro atoms. The van der Waals surface area contributed by atoms with Gasteiger partial charge in [-0.1, -0.05) is 35.3 Å². The minimum absolute atomic E-state index is 0.0515. The molecule has 1 amide bonds. The third-order valence-electron chi connectivity index (χ3n) is 4.16. The van der Waals surface area contributed by atoms with Crippen LogP contribution in [0.15, 0.2) is 47.8 Å². The average molecular weight is 453 g/mol. The minimum Gasteiger partial charge on any atom is -0.485 e. The van der Waals surface area contributed by atoms with Crippen molar-refractivity contribution in [3.05, 3.63) is 80.0 Å². The van der Waals surface area contributed by atoms with Crippen LogP contribution in [0.25, 0.3) is 0 Å². The average Bonchev–Trinajstić information content (AvgIpc) is 3.14. The Labute approximate surface area is 182 Å². The fourth-order valence-electron chi connectivity index (χ4n) is 2.67. The van der Waals surface area contributed by atoms with E-state index in [2.05, 4.69) is 4.98 Å². The van der Waals surface area contributed by atoms with E-state index in [-0.39, 0.29) is 30.7 Å². The van der Waals surface area contributed by atoms with Crippen LogP contribution in [-0.4, -0.2) is 21.8 Å². The Morgan fingerprint density at radius 2 is 2.00 bits per heavy atom. The van der Waals surface area contributed by atoms with Crippen molar-refractivity contribution in [2.45, 2.75) is 33.0 Å². The Kier molecular flexibility index (Phi) is 7.11. The maximum Gasteiger partial charge on any atom is 0.257 e. The number of amides is 1. The van der Waals surface area contributed by atoms with Crippen molar-refractivity contribution in [2.75, 3.05) is 0 Å². The second kappa shape index (κ2) is 9.57. The van der Waals surface area contributed by atoms with E-state index in [1.807, 2.05) is 19.2 Å². The molecule has 1 heterocycles. The monoisotopic (exact) mass is 452 g/mol. The van der Waals surface area contributed by atoms with Crippen LogP contribution in [0, 0.1) is 5.82 Å². The Balaban J connectivity index is 1.69. The molecule has 0 N–H and O–H groups in total. The van der Waals surface area contributed by atoms with Crippen LogP contribution in [-0.2, 0) is 13.2 Å². The van der Waals surface area contributed by atoms with Crippen LogP contribution >= 0.6 is 34.5 Å². The first kappa shape index (κ1) is 21.6. The van der Waals surface area contributed by atoms with Gasteiger partial charge in [-0.15, -0.1) is 11.3 Å². The summed E-state index contributed by atoms with van der Waals surface area (Å²) in [5, 5.41) is 3.59. The summed E-state index contributed by atoms with van der Waals surface area (Å²) in [6, 6.07) is 10.9. The number of aromatic nitrogens is 1. The molecule has 0 aliphatic heterocycles. The molecule has 29 heavy (non-hydrogen) atoms. The smallest absolute Gasteiger partial charge is 0.257 e. The lowest BCUT2D eigenvalue weighted by atomic mass is 10.1. The van der Waals surface area contributed by atoms with Crippen molar-refractivity contribution < 1.29 is 13.9 Å². The zero-order valence-corrected chi connectivity index (χ0v) is 18.2. The molecular weight excluding hydrogens is 434 g/mol. The molecular formula is C21H19Cl2FN2O2S. The molecule has 8 heteroatoms. The predicted octanol–water partition coefficient (Wildman–Crippen LogP) is 6.22. The van der Waals surface area contributed by atoms with Crippen molar-refractivity contribution in [1.82, 2.24) is 9.88 Å². The van der Waals surface area contributed by atoms with Gasteiger partial charge in [-0.25, -0.2) is 9.37 Å². The Morgan fingerprint density at radius 3 is 2.72 bits per heavy atom. The number of nitrogens with zero attached hydrogens (tertiary/aromatic N) is 2. The van der Waals surface area contributed by atoms with Crippen molar-refractivity contribution >= 4 is 40.4 Å². The number of hydrogen-bond acceptors (Lipinski definition) is 4. The van der Waals surface area contributed by atoms with E-state index in [0.29, 0.717) is 21.5 Å². The van der Waals surface area contributed by atoms with Crippen molar-refractivity contribution in [3.63, 3.8) is 0 Å². The molecule has 0 atom stereocenters. The molecule has 0 unspecified atom stereocenters. The molecule has 4 nitrogen and oxygen atoms in total. The normalized spacial score (nSPS) is 11.0. The van der Waals surface area contributed by atoms with Crippen LogP contribution in [0.1, 0.15) is 34.9 Å². The fourth-order valence-corrected chi connectivity index (χ4v) is 3.70. The molecule has 152 valence electrons. The quantitative estimate of drug-likeness (QED) is 0.427. The molecule has 2 aromatic carbocycles. The summed E-state index contributed by atoms with van der Waals surface area (Å²) in [7, 11) is 0. The van der Waals surface area contributed by atoms with Gasteiger partial charge < -0.3 is 9.64 Å². The molecule has 0 aliphatic carbocycles. The van der Waals surface area contributed by atoms with Crippen LogP contribution in [0.3, 0.4) is 0 Å². The minimum atomic E-state index is -0.533. The third kappa shape index (κ3) is 5.47.